The van der Waals surface area contributed by atoms with Crippen LogP contribution in [0.15, 0.2) is 0 Å². The molecule has 0 unspecified atom stereocenters. The van der Waals surface area contributed by atoms with E-state index in [-0.39, 0.29) is 12.2 Å². The Morgan fingerprint density at radius 1 is 0.548 bits per heavy atom. The lowest BCUT2D eigenvalue weighted by molar-refractivity contribution is -0.0466. The van der Waals surface area contributed by atoms with Crippen LogP contribution < -0.4 is 0 Å². The predicted octanol–water partition coefficient (Wildman–Crippen LogP) is 0.241. The van der Waals surface area contributed by atoms with Crippen molar-refractivity contribution in [3.8, 4) is 0 Å². The van der Waals surface area contributed by atoms with Crippen LogP contribution in [-0.2, 0) is 43.6 Å². The van der Waals surface area contributed by atoms with E-state index in [2.05, 4.69) is 0 Å². The largest absolute Gasteiger partial charge is 0.394 e. The van der Waals surface area contributed by atoms with Gasteiger partial charge >= 0.3 is 10.4 Å². The van der Waals surface area contributed by atoms with Crippen molar-refractivity contribution >= 4 is 10.4 Å². The van der Waals surface area contributed by atoms with Crippen molar-refractivity contribution in [1.82, 2.24) is 0 Å². The monoisotopic (exact) mass is 480 g/mol. The summed E-state index contributed by atoms with van der Waals surface area (Å²) >= 11 is 0. The van der Waals surface area contributed by atoms with Crippen LogP contribution in [0.5, 0.6) is 0 Å². The summed E-state index contributed by atoms with van der Waals surface area (Å²) in [6, 6.07) is 0. The van der Waals surface area contributed by atoms with Gasteiger partial charge in [-0.25, -0.2) is 0 Å². The Kier molecular flexibility index (Phi) is 24.0. The summed E-state index contributed by atoms with van der Waals surface area (Å²) in [4.78, 5) is 0. The second-order valence-electron chi connectivity index (χ2n) is 6.81. The van der Waals surface area contributed by atoms with Gasteiger partial charge in [-0.05, 0) is 20.8 Å². The third-order valence-electron chi connectivity index (χ3n) is 2.86. The molecule has 0 fully saturated rings. The first-order valence-electron chi connectivity index (χ1n) is 9.97. The van der Waals surface area contributed by atoms with Gasteiger partial charge in [0.25, 0.3) is 0 Å². The highest BCUT2D eigenvalue weighted by molar-refractivity contribution is 7.79. The second-order valence-corrected chi connectivity index (χ2v) is 7.70. The molecule has 0 amide bonds. The maximum absolute atomic E-state index is 8.74. The highest BCUT2D eigenvalue weighted by atomic mass is 32.3. The molecule has 0 aromatic heterocycles. The van der Waals surface area contributed by atoms with E-state index < -0.39 is 10.4 Å². The van der Waals surface area contributed by atoms with Gasteiger partial charge in [0, 0.05) is 0 Å². The molecule has 0 saturated heterocycles. The molecule has 0 spiro atoms. The zero-order valence-corrected chi connectivity index (χ0v) is 19.6. The van der Waals surface area contributed by atoms with Crippen LogP contribution in [-0.4, -0.2) is 121 Å². The zero-order chi connectivity index (χ0) is 23.8. The molecule has 190 valence electrons. The normalized spacial score (nSPS) is 11.9. The van der Waals surface area contributed by atoms with Gasteiger partial charge in [0.15, 0.2) is 0 Å². The smallest absolute Gasteiger partial charge is 0.394 e. The molecule has 31 heavy (non-hydrogen) atoms. The van der Waals surface area contributed by atoms with Crippen LogP contribution in [0, 0.1) is 0 Å². The summed E-state index contributed by atoms with van der Waals surface area (Å²) in [5, 5.41) is 8.52. The summed E-state index contributed by atoms with van der Waals surface area (Å²) in [5.41, 5.74) is -0.122. The van der Waals surface area contributed by atoms with Crippen molar-refractivity contribution in [2.24, 2.45) is 0 Å². The number of aliphatic hydroxyl groups excluding tert-OH is 1. The van der Waals surface area contributed by atoms with Crippen LogP contribution >= 0.6 is 0 Å². The van der Waals surface area contributed by atoms with Crippen LogP contribution in [0.4, 0.5) is 0 Å². The van der Waals surface area contributed by atoms with E-state index in [1.165, 1.54) is 0 Å². The second kappa shape index (κ2) is 22.7. The average molecular weight is 481 g/mol. The molecule has 0 aromatic carbocycles. The van der Waals surface area contributed by atoms with Gasteiger partial charge in [-0.15, -0.1) is 0 Å². The Morgan fingerprint density at radius 2 is 0.774 bits per heavy atom. The first-order chi connectivity index (χ1) is 14.6. The lowest BCUT2D eigenvalue weighted by Crippen LogP contribution is -2.22. The number of ether oxygens (including phenoxy) is 7. The van der Waals surface area contributed by atoms with Crippen molar-refractivity contribution in [3.05, 3.63) is 0 Å². The summed E-state index contributed by atoms with van der Waals surface area (Å²) in [6.45, 7) is 12.9. The van der Waals surface area contributed by atoms with E-state index in [0.29, 0.717) is 85.9 Å². The molecular formula is C18H40O12S. The first-order valence-corrected chi connectivity index (χ1v) is 11.4. The molecule has 0 bridgehead atoms. The summed E-state index contributed by atoms with van der Waals surface area (Å²) < 4.78 is 69.0. The Bertz CT molecular complexity index is 445. The van der Waals surface area contributed by atoms with Crippen molar-refractivity contribution in [2.45, 2.75) is 26.4 Å². The maximum atomic E-state index is 8.74. The molecule has 0 atom stereocenters. The van der Waals surface area contributed by atoms with Gasteiger partial charge in [-0.2, -0.15) is 8.42 Å². The van der Waals surface area contributed by atoms with E-state index in [9.17, 15) is 0 Å². The first kappa shape index (κ1) is 32.7. The summed E-state index contributed by atoms with van der Waals surface area (Å²) in [7, 11) is -4.67. The molecule has 0 radical (unpaired) electrons. The highest BCUT2D eigenvalue weighted by Crippen LogP contribution is 2.05. The molecule has 13 heteroatoms. The van der Waals surface area contributed by atoms with E-state index in [4.69, 9.17) is 55.8 Å². The van der Waals surface area contributed by atoms with Gasteiger partial charge in [0.2, 0.25) is 0 Å². The van der Waals surface area contributed by atoms with Crippen molar-refractivity contribution in [3.63, 3.8) is 0 Å². The number of hydrogen-bond acceptors (Lipinski definition) is 10. The van der Waals surface area contributed by atoms with E-state index in [0.717, 1.165) is 0 Å². The van der Waals surface area contributed by atoms with Crippen LogP contribution in [0.2, 0.25) is 0 Å². The molecule has 0 aliphatic rings. The van der Waals surface area contributed by atoms with Crippen LogP contribution in [0.1, 0.15) is 20.8 Å². The molecule has 0 heterocycles. The molecule has 0 rings (SSSR count). The van der Waals surface area contributed by atoms with E-state index in [1.807, 2.05) is 20.8 Å². The maximum Gasteiger partial charge on any atom is 0.394 e. The van der Waals surface area contributed by atoms with Gasteiger partial charge in [0.1, 0.15) is 0 Å². The van der Waals surface area contributed by atoms with E-state index in [1.54, 1.807) is 0 Å². The molecule has 12 nitrogen and oxygen atoms in total. The molecule has 0 aliphatic heterocycles. The zero-order valence-electron chi connectivity index (χ0n) is 18.8. The SMILES string of the molecule is CC(C)(C)OCCOCCOCCOCCOCCOCCOCCO.O=S(=O)(O)O. The van der Waals surface area contributed by atoms with Gasteiger partial charge in [-0.3, -0.25) is 9.11 Å². The Labute approximate surface area is 185 Å². The van der Waals surface area contributed by atoms with Gasteiger partial charge in [0.05, 0.1) is 98.1 Å². The summed E-state index contributed by atoms with van der Waals surface area (Å²) in [5.74, 6) is 0. The fourth-order valence-electron chi connectivity index (χ4n) is 1.67. The lowest BCUT2D eigenvalue weighted by atomic mass is 10.2. The van der Waals surface area contributed by atoms with Gasteiger partial charge < -0.3 is 38.3 Å². The fourth-order valence-corrected chi connectivity index (χ4v) is 1.67. The molecule has 0 saturated carbocycles. The minimum Gasteiger partial charge on any atom is -0.394 e. The Hall–Kier alpha value is -0.450. The fraction of sp³-hybridized carbons (Fsp3) is 1.00. The molecular weight excluding hydrogens is 440 g/mol. The van der Waals surface area contributed by atoms with Crippen molar-refractivity contribution in [2.75, 3.05) is 92.5 Å². The Morgan fingerprint density at radius 3 is 1.00 bits per heavy atom. The Balaban J connectivity index is 0. The quantitative estimate of drug-likeness (QED) is 0.161. The third-order valence-corrected chi connectivity index (χ3v) is 2.86. The minimum atomic E-state index is -4.67. The predicted molar refractivity (Wildman–Crippen MR) is 112 cm³/mol. The standard InChI is InChI=1S/C18H38O8.H2O4S/c1-18(2,3)26-17-16-25-15-14-24-13-12-23-11-10-22-9-8-21-7-6-20-5-4-19;1-5(2,3)4/h19H,4-17H2,1-3H3;(H2,1,2,3,4). The average Bonchev–Trinajstić information content (AvgIpc) is 2.64. The number of rotatable bonds is 20. The van der Waals surface area contributed by atoms with E-state index >= 15 is 0 Å². The summed E-state index contributed by atoms with van der Waals surface area (Å²) in [6.07, 6.45) is 0. The van der Waals surface area contributed by atoms with Crippen LogP contribution in [0.25, 0.3) is 0 Å². The van der Waals surface area contributed by atoms with Crippen molar-refractivity contribution < 1.29 is 55.8 Å². The van der Waals surface area contributed by atoms with Crippen molar-refractivity contribution in [1.29, 1.82) is 0 Å². The lowest BCUT2D eigenvalue weighted by Gasteiger charge is -2.19. The number of hydrogen-bond donors (Lipinski definition) is 3. The third kappa shape index (κ3) is 44.1. The molecule has 0 aromatic rings. The minimum absolute atomic E-state index is 0.0367. The highest BCUT2D eigenvalue weighted by Gasteiger charge is 2.08. The number of aliphatic hydroxyl groups is 1. The molecule has 0 aliphatic carbocycles. The topological polar surface area (TPSA) is 159 Å². The van der Waals surface area contributed by atoms with Crippen LogP contribution in [0.3, 0.4) is 0 Å². The van der Waals surface area contributed by atoms with Gasteiger partial charge in [-0.1, -0.05) is 0 Å². The molecule has 3 N–H and O–H groups in total.